The van der Waals surface area contributed by atoms with E-state index in [1.54, 1.807) is 6.26 Å². The zero-order valence-corrected chi connectivity index (χ0v) is 9.66. The molecule has 2 unspecified atom stereocenters. The van der Waals surface area contributed by atoms with Gasteiger partial charge in [-0.2, -0.15) is 0 Å². The van der Waals surface area contributed by atoms with Crippen LogP contribution in [0.3, 0.4) is 0 Å². The second-order valence-corrected chi connectivity index (χ2v) is 4.96. The topological polar surface area (TPSA) is 35.2 Å². The fourth-order valence-corrected chi connectivity index (χ4v) is 2.58. The van der Waals surface area contributed by atoms with Crippen LogP contribution in [0.15, 0.2) is 35.6 Å². The van der Waals surface area contributed by atoms with Crippen molar-refractivity contribution in [3.8, 4) is 0 Å². The Morgan fingerprint density at radius 1 is 1.47 bits per heavy atom. The highest BCUT2D eigenvalue weighted by molar-refractivity contribution is 5.46. The normalized spacial score (nSPS) is 34.3. The molecule has 0 bridgehead atoms. The maximum atomic E-state index is 6.45. The zero-order chi connectivity index (χ0) is 11.1. The van der Waals surface area contributed by atoms with Gasteiger partial charge in [-0.3, -0.25) is 0 Å². The van der Waals surface area contributed by atoms with Crippen molar-refractivity contribution >= 4 is 0 Å². The van der Waals surface area contributed by atoms with Crippen LogP contribution < -0.4 is 5.73 Å². The van der Waals surface area contributed by atoms with Crippen LogP contribution >= 0.6 is 0 Å². The molecule has 2 nitrogen and oxygen atoms in total. The molecule has 1 aliphatic carbocycles. The smallest absolute Gasteiger partial charge is 0.111 e. The Labute approximate surface area is 91.5 Å². The van der Waals surface area contributed by atoms with Gasteiger partial charge in [0, 0.05) is 11.5 Å². The molecule has 2 N–H and O–H groups in total. The van der Waals surface area contributed by atoms with E-state index >= 15 is 0 Å². The average Bonchev–Trinajstić information content (AvgIpc) is 2.17. The number of nitrogens with two attached hydrogens (primary N) is 1. The van der Waals surface area contributed by atoms with Gasteiger partial charge in [0.15, 0.2) is 0 Å². The first-order valence-electron chi connectivity index (χ1n) is 5.52. The first-order valence-corrected chi connectivity index (χ1v) is 5.52. The van der Waals surface area contributed by atoms with Crippen molar-refractivity contribution < 1.29 is 4.74 Å². The van der Waals surface area contributed by atoms with Crippen LogP contribution in [0.1, 0.15) is 20.8 Å². The molecule has 82 valence electrons. The zero-order valence-electron chi connectivity index (χ0n) is 9.66. The van der Waals surface area contributed by atoms with Gasteiger partial charge in [-0.05, 0) is 30.1 Å². The van der Waals surface area contributed by atoms with E-state index in [-0.39, 0.29) is 5.54 Å². The Morgan fingerprint density at radius 3 is 2.87 bits per heavy atom. The van der Waals surface area contributed by atoms with Gasteiger partial charge >= 0.3 is 0 Å². The minimum atomic E-state index is -0.275. The lowest BCUT2D eigenvalue weighted by atomic mass is 9.69. The van der Waals surface area contributed by atoms with E-state index in [0.29, 0.717) is 18.4 Å². The monoisotopic (exact) mass is 205 g/mol. The number of ether oxygens (including phenoxy) is 1. The maximum Gasteiger partial charge on any atom is 0.111 e. The highest BCUT2D eigenvalue weighted by atomic mass is 16.5. The van der Waals surface area contributed by atoms with E-state index in [1.807, 2.05) is 6.08 Å². The molecule has 0 aromatic rings. The molecular weight excluding hydrogens is 186 g/mol. The second kappa shape index (κ2) is 3.53. The molecule has 2 aliphatic rings. The standard InChI is InChI=1S/C13H19NO/c1-9(2)11-5-4-10-6-7-15-8-12(10)13(11,3)14/h4-7,9,11H,8,14H2,1-3H3. The number of hydrogen-bond acceptors (Lipinski definition) is 2. The number of rotatable bonds is 1. The van der Waals surface area contributed by atoms with Crippen molar-refractivity contribution in [3.63, 3.8) is 0 Å². The summed E-state index contributed by atoms with van der Waals surface area (Å²) in [5.41, 5.74) is 8.63. The summed E-state index contributed by atoms with van der Waals surface area (Å²) in [5, 5.41) is 0. The second-order valence-electron chi connectivity index (χ2n) is 4.96. The molecule has 0 radical (unpaired) electrons. The quantitative estimate of drug-likeness (QED) is 0.713. The van der Waals surface area contributed by atoms with Gasteiger partial charge in [0.25, 0.3) is 0 Å². The fourth-order valence-electron chi connectivity index (χ4n) is 2.58. The van der Waals surface area contributed by atoms with Crippen molar-refractivity contribution in [1.29, 1.82) is 0 Å². The summed E-state index contributed by atoms with van der Waals surface area (Å²) in [5.74, 6) is 0.947. The largest absolute Gasteiger partial charge is 0.497 e. The SMILES string of the molecule is CC(C)C1C=CC2=C(COC=C2)C1(C)N. The van der Waals surface area contributed by atoms with Crippen LogP contribution in [0, 0.1) is 11.8 Å². The highest BCUT2D eigenvalue weighted by Crippen LogP contribution is 2.37. The van der Waals surface area contributed by atoms with Gasteiger partial charge in [-0.25, -0.2) is 0 Å². The fraction of sp³-hybridized carbons (Fsp3) is 0.538. The van der Waals surface area contributed by atoms with Crippen LogP contribution in [0.25, 0.3) is 0 Å². The molecule has 15 heavy (non-hydrogen) atoms. The van der Waals surface area contributed by atoms with Crippen LogP contribution in [0.5, 0.6) is 0 Å². The summed E-state index contributed by atoms with van der Waals surface area (Å²) in [6.07, 6.45) is 8.15. The third kappa shape index (κ3) is 1.63. The predicted octanol–water partition coefficient (Wildman–Crippen LogP) is 2.39. The highest BCUT2D eigenvalue weighted by Gasteiger charge is 2.38. The van der Waals surface area contributed by atoms with Crippen molar-refractivity contribution in [3.05, 3.63) is 35.6 Å². The molecule has 0 spiro atoms. The summed E-state index contributed by atoms with van der Waals surface area (Å²) in [4.78, 5) is 0. The van der Waals surface area contributed by atoms with Crippen molar-refractivity contribution in [2.24, 2.45) is 17.6 Å². The van der Waals surface area contributed by atoms with Gasteiger partial charge in [-0.1, -0.05) is 26.0 Å². The molecule has 2 heteroatoms. The first-order chi connectivity index (χ1) is 7.03. The Kier molecular flexibility index (Phi) is 2.47. The van der Waals surface area contributed by atoms with Gasteiger partial charge in [0.1, 0.15) is 6.61 Å². The van der Waals surface area contributed by atoms with Crippen LogP contribution in [0.4, 0.5) is 0 Å². The van der Waals surface area contributed by atoms with E-state index in [0.717, 1.165) is 0 Å². The number of hydrogen-bond donors (Lipinski definition) is 1. The Balaban J connectivity index is 2.40. The summed E-state index contributed by atoms with van der Waals surface area (Å²) in [7, 11) is 0. The minimum absolute atomic E-state index is 0.275. The van der Waals surface area contributed by atoms with E-state index in [2.05, 4.69) is 32.9 Å². The summed E-state index contributed by atoms with van der Waals surface area (Å²) < 4.78 is 5.35. The Morgan fingerprint density at radius 2 is 2.20 bits per heavy atom. The Bertz CT molecular complexity index is 348. The first kappa shape index (κ1) is 10.5. The molecule has 0 aromatic heterocycles. The van der Waals surface area contributed by atoms with Crippen molar-refractivity contribution in [2.45, 2.75) is 26.3 Å². The molecule has 1 aliphatic heterocycles. The van der Waals surface area contributed by atoms with Crippen LogP contribution in [0.2, 0.25) is 0 Å². The van der Waals surface area contributed by atoms with Gasteiger partial charge < -0.3 is 10.5 Å². The predicted molar refractivity (Wildman–Crippen MR) is 62.2 cm³/mol. The van der Waals surface area contributed by atoms with Gasteiger partial charge in [0.05, 0.1) is 6.26 Å². The van der Waals surface area contributed by atoms with Gasteiger partial charge in [0.2, 0.25) is 0 Å². The molecule has 0 saturated carbocycles. The van der Waals surface area contributed by atoms with E-state index in [4.69, 9.17) is 10.5 Å². The summed E-state index contributed by atoms with van der Waals surface area (Å²) in [6, 6.07) is 0. The number of allylic oxidation sites excluding steroid dienone is 3. The minimum Gasteiger partial charge on any atom is -0.497 e. The third-order valence-corrected chi connectivity index (χ3v) is 3.46. The molecule has 0 fully saturated rings. The summed E-state index contributed by atoms with van der Waals surface area (Å²) in [6.45, 7) is 7.17. The van der Waals surface area contributed by atoms with Crippen molar-refractivity contribution in [1.82, 2.24) is 0 Å². The van der Waals surface area contributed by atoms with Crippen molar-refractivity contribution in [2.75, 3.05) is 6.61 Å². The third-order valence-electron chi connectivity index (χ3n) is 3.46. The van der Waals surface area contributed by atoms with Crippen LogP contribution in [-0.4, -0.2) is 12.1 Å². The lowest BCUT2D eigenvalue weighted by Crippen LogP contribution is -2.50. The molecule has 0 amide bonds. The van der Waals surface area contributed by atoms with Crippen LogP contribution in [-0.2, 0) is 4.74 Å². The van der Waals surface area contributed by atoms with E-state index in [1.165, 1.54) is 11.1 Å². The van der Waals surface area contributed by atoms with Gasteiger partial charge in [-0.15, -0.1) is 0 Å². The van der Waals surface area contributed by atoms with E-state index < -0.39 is 0 Å². The Hall–Kier alpha value is -1.02. The average molecular weight is 205 g/mol. The molecule has 2 rings (SSSR count). The molecule has 2 atom stereocenters. The molecule has 0 aromatic carbocycles. The lowest BCUT2D eigenvalue weighted by Gasteiger charge is -2.41. The molecular formula is C13H19NO. The molecule has 0 saturated heterocycles. The van der Waals surface area contributed by atoms with E-state index in [9.17, 15) is 0 Å². The lowest BCUT2D eigenvalue weighted by molar-refractivity contribution is 0.227. The summed E-state index contributed by atoms with van der Waals surface area (Å²) >= 11 is 0. The molecule has 1 heterocycles. The maximum absolute atomic E-state index is 6.45.